The van der Waals surface area contributed by atoms with Crippen LogP contribution in [0.15, 0.2) is 29.2 Å². The summed E-state index contributed by atoms with van der Waals surface area (Å²) in [6.45, 7) is 2.02. The molecule has 20 heavy (non-hydrogen) atoms. The van der Waals surface area contributed by atoms with E-state index < -0.39 is 5.97 Å². The molecule has 1 aliphatic carbocycles. The van der Waals surface area contributed by atoms with Crippen LogP contribution in [0.4, 0.5) is 0 Å². The first-order valence-corrected chi connectivity index (χ1v) is 7.27. The van der Waals surface area contributed by atoms with Gasteiger partial charge in [0, 0.05) is 25.4 Å². The van der Waals surface area contributed by atoms with Crippen LogP contribution in [0, 0.1) is 11.8 Å². The third kappa shape index (κ3) is 3.93. The summed E-state index contributed by atoms with van der Waals surface area (Å²) in [5.74, 6) is -0.666. The van der Waals surface area contributed by atoms with Crippen molar-refractivity contribution in [1.29, 1.82) is 0 Å². The molecule has 0 aliphatic heterocycles. The Morgan fingerprint density at radius 2 is 2.15 bits per heavy atom. The second kappa shape index (κ2) is 7.24. The van der Waals surface area contributed by atoms with Crippen LogP contribution in [0.25, 0.3) is 0 Å². The maximum absolute atomic E-state index is 11.5. The number of rotatable bonds is 6. The highest BCUT2D eigenvalue weighted by molar-refractivity contribution is 5.70. The number of carboxylic acid groups (broad SMARTS) is 1. The summed E-state index contributed by atoms with van der Waals surface area (Å²) in [6.07, 6.45) is 5.68. The van der Waals surface area contributed by atoms with E-state index in [1.54, 1.807) is 22.9 Å². The highest BCUT2D eigenvalue weighted by Crippen LogP contribution is 2.29. The molecule has 1 fully saturated rings. The predicted octanol–water partition coefficient (Wildman–Crippen LogP) is 1.33. The van der Waals surface area contributed by atoms with Gasteiger partial charge in [-0.05, 0) is 31.4 Å². The van der Waals surface area contributed by atoms with Crippen molar-refractivity contribution in [2.45, 2.75) is 32.2 Å². The average molecular weight is 278 g/mol. The molecular weight excluding hydrogens is 256 g/mol. The lowest BCUT2D eigenvalue weighted by Crippen LogP contribution is -2.36. The number of pyridine rings is 1. The molecule has 2 N–H and O–H groups in total. The molecule has 0 amide bonds. The molecule has 0 aromatic carbocycles. The molecule has 2 atom stereocenters. The largest absolute Gasteiger partial charge is 0.481 e. The van der Waals surface area contributed by atoms with Crippen LogP contribution in [0.5, 0.6) is 0 Å². The lowest BCUT2D eigenvalue weighted by atomic mass is 9.79. The summed E-state index contributed by atoms with van der Waals surface area (Å²) in [7, 11) is 0. The lowest BCUT2D eigenvalue weighted by molar-refractivity contribution is -0.144. The minimum Gasteiger partial charge on any atom is -0.481 e. The molecule has 1 aliphatic rings. The molecule has 0 spiro atoms. The predicted molar refractivity (Wildman–Crippen MR) is 76.7 cm³/mol. The van der Waals surface area contributed by atoms with Gasteiger partial charge in [0.2, 0.25) is 0 Å². The van der Waals surface area contributed by atoms with Crippen LogP contribution in [0.3, 0.4) is 0 Å². The van der Waals surface area contributed by atoms with Gasteiger partial charge in [0.25, 0.3) is 5.56 Å². The van der Waals surface area contributed by atoms with Gasteiger partial charge in [-0.25, -0.2) is 0 Å². The van der Waals surface area contributed by atoms with Gasteiger partial charge in [0.15, 0.2) is 0 Å². The van der Waals surface area contributed by atoms with E-state index in [0.29, 0.717) is 13.1 Å². The van der Waals surface area contributed by atoms with Crippen molar-refractivity contribution in [3.8, 4) is 0 Å². The zero-order valence-electron chi connectivity index (χ0n) is 11.6. The van der Waals surface area contributed by atoms with Gasteiger partial charge in [-0.15, -0.1) is 0 Å². The molecule has 0 radical (unpaired) electrons. The van der Waals surface area contributed by atoms with E-state index in [4.69, 9.17) is 0 Å². The average Bonchev–Trinajstić information content (AvgIpc) is 2.45. The Labute approximate surface area is 118 Å². The summed E-state index contributed by atoms with van der Waals surface area (Å²) in [5.41, 5.74) is -0.00428. The summed E-state index contributed by atoms with van der Waals surface area (Å²) in [4.78, 5) is 22.7. The fourth-order valence-corrected chi connectivity index (χ4v) is 2.91. The van der Waals surface area contributed by atoms with Gasteiger partial charge in [-0.2, -0.15) is 0 Å². The molecule has 0 bridgehead atoms. The van der Waals surface area contributed by atoms with Gasteiger partial charge in [-0.1, -0.05) is 18.9 Å². The van der Waals surface area contributed by atoms with Crippen LogP contribution >= 0.6 is 0 Å². The molecule has 2 rings (SSSR count). The molecule has 1 aromatic rings. The van der Waals surface area contributed by atoms with Crippen molar-refractivity contribution in [2.24, 2.45) is 11.8 Å². The van der Waals surface area contributed by atoms with E-state index in [1.165, 1.54) is 0 Å². The standard InChI is InChI=1S/C15H22N2O3/c18-14-7-3-4-9-17(14)10-8-16-11-12-5-1-2-6-13(12)15(19)20/h3-4,7,9,12-13,16H,1-2,5-6,8,10-11H2,(H,19,20). The van der Waals surface area contributed by atoms with E-state index in [-0.39, 0.29) is 17.4 Å². The fourth-order valence-electron chi connectivity index (χ4n) is 2.91. The molecule has 0 saturated heterocycles. The third-order valence-corrected chi connectivity index (χ3v) is 4.06. The van der Waals surface area contributed by atoms with Crippen molar-refractivity contribution in [2.75, 3.05) is 13.1 Å². The van der Waals surface area contributed by atoms with Crippen molar-refractivity contribution in [3.63, 3.8) is 0 Å². The van der Waals surface area contributed by atoms with Crippen LogP contribution in [-0.2, 0) is 11.3 Å². The number of carboxylic acids is 1. The van der Waals surface area contributed by atoms with E-state index >= 15 is 0 Å². The number of hydrogen-bond donors (Lipinski definition) is 2. The van der Waals surface area contributed by atoms with Gasteiger partial charge in [0.05, 0.1) is 5.92 Å². The zero-order chi connectivity index (χ0) is 14.4. The first kappa shape index (κ1) is 14.8. The zero-order valence-corrected chi connectivity index (χ0v) is 11.6. The van der Waals surface area contributed by atoms with Crippen molar-refractivity contribution < 1.29 is 9.90 Å². The van der Waals surface area contributed by atoms with Crippen LogP contribution in [-0.4, -0.2) is 28.7 Å². The van der Waals surface area contributed by atoms with E-state index in [1.807, 2.05) is 6.07 Å². The lowest BCUT2D eigenvalue weighted by Gasteiger charge is -2.28. The van der Waals surface area contributed by atoms with Gasteiger partial charge in [-0.3, -0.25) is 9.59 Å². The van der Waals surface area contributed by atoms with Crippen LogP contribution < -0.4 is 10.9 Å². The number of aromatic nitrogens is 1. The molecule has 110 valence electrons. The second-order valence-electron chi connectivity index (χ2n) is 5.43. The highest BCUT2D eigenvalue weighted by atomic mass is 16.4. The van der Waals surface area contributed by atoms with Gasteiger partial charge >= 0.3 is 5.97 Å². The molecule has 1 aromatic heterocycles. The minimum atomic E-state index is -0.671. The SMILES string of the molecule is O=C(O)C1CCCCC1CNCCn1ccccc1=O. The minimum absolute atomic E-state index is 0.00428. The first-order valence-electron chi connectivity index (χ1n) is 7.27. The summed E-state index contributed by atoms with van der Waals surface area (Å²) in [6, 6.07) is 5.11. The van der Waals surface area contributed by atoms with E-state index in [0.717, 1.165) is 32.2 Å². The Morgan fingerprint density at radius 1 is 1.35 bits per heavy atom. The van der Waals surface area contributed by atoms with E-state index in [2.05, 4.69) is 5.32 Å². The first-order chi connectivity index (χ1) is 9.68. The second-order valence-corrected chi connectivity index (χ2v) is 5.43. The summed E-state index contributed by atoms with van der Waals surface area (Å²) >= 11 is 0. The smallest absolute Gasteiger partial charge is 0.306 e. The Bertz CT molecular complexity index is 498. The number of aliphatic carboxylic acids is 1. The van der Waals surface area contributed by atoms with Crippen molar-refractivity contribution in [3.05, 3.63) is 34.7 Å². The Morgan fingerprint density at radius 3 is 2.90 bits per heavy atom. The molecule has 5 nitrogen and oxygen atoms in total. The highest BCUT2D eigenvalue weighted by Gasteiger charge is 2.30. The topological polar surface area (TPSA) is 71.3 Å². The normalized spacial score (nSPS) is 22.6. The summed E-state index contributed by atoms with van der Waals surface area (Å²) in [5, 5.41) is 12.5. The number of hydrogen-bond acceptors (Lipinski definition) is 3. The van der Waals surface area contributed by atoms with Crippen LogP contribution in [0.2, 0.25) is 0 Å². The summed E-state index contributed by atoms with van der Waals surface area (Å²) < 4.78 is 1.66. The molecule has 2 unspecified atom stereocenters. The molecule has 1 heterocycles. The number of nitrogens with zero attached hydrogens (tertiary/aromatic N) is 1. The maximum Gasteiger partial charge on any atom is 0.306 e. The van der Waals surface area contributed by atoms with Crippen molar-refractivity contribution >= 4 is 5.97 Å². The molecule has 1 saturated carbocycles. The van der Waals surface area contributed by atoms with Crippen molar-refractivity contribution in [1.82, 2.24) is 9.88 Å². The fraction of sp³-hybridized carbons (Fsp3) is 0.600. The Hall–Kier alpha value is -1.62. The van der Waals surface area contributed by atoms with E-state index in [9.17, 15) is 14.7 Å². The monoisotopic (exact) mass is 278 g/mol. The molecular formula is C15H22N2O3. The number of carbonyl (C=O) groups is 1. The third-order valence-electron chi connectivity index (χ3n) is 4.06. The molecule has 5 heteroatoms. The Kier molecular flexibility index (Phi) is 5.35. The Balaban J connectivity index is 1.76. The van der Waals surface area contributed by atoms with Crippen LogP contribution in [0.1, 0.15) is 25.7 Å². The van der Waals surface area contributed by atoms with Gasteiger partial charge in [0.1, 0.15) is 0 Å². The van der Waals surface area contributed by atoms with Gasteiger partial charge < -0.3 is 15.0 Å². The number of nitrogens with one attached hydrogen (secondary N) is 1. The quantitative estimate of drug-likeness (QED) is 0.770. The maximum atomic E-state index is 11.5.